The van der Waals surface area contributed by atoms with Gasteiger partial charge in [0.05, 0.1) is 17.2 Å². The van der Waals surface area contributed by atoms with E-state index in [1.165, 1.54) is 11.3 Å². The van der Waals surface area contributed by atoms with E-state index in [-0.39, 0.29) is 0 Å². The molecule has 0 saturated carbocycles. The van der Waals surface area contributed by atoms with Gasteiger partial charge in [0.1, 0.15) is 11.9 Å². The van der Waals surface area contributed by atoms with Gasteiger partial charge in [-0.25, -0.2) is 4.39 Å². The number of alkyl halides is 3. The molecule has 8 heteroatoms. The minimum Gasteiger partial charge on any atom is -0.332 e. The molecule has 114 valence electrons. The molecule has 0 aliphatic carbocycles. The van der Waals surface area contributed by atoms with Crippen molar-refractivity contribution in [1.82, 2.24) is 5.32 Å². The van der Waals surface area contributed by atoms with Crippen LogP contribution in [0.2, 0.25) is 0 Å². The van der Waals surface area contributed by atoms with Crippen LogP contribution in [0.25, 0.3) is 0 Å². The highest BCUT2D eigenvalue weighted by atomic mass is 32.1. The number of nitrogens with zero attached hydrogens (tertiary/aromatic N) is 1. The van der Waals surface area contributed by atoms with Crippen LogP contribution in [0.15, 0.2) is 35.0 Å². The van der Waals surface area contributed by atoms with Gasteiger partial charge in [-0.2, -0.15) is 29.8 Å². The number of amides is 1. The van der Waals surface area contributed by atoms with E-state index in [4.69, 9.17) is 5.26 Å². The van der Waals surface area contributed by atoms with Crippen molar-refractivity contribution in [2.75, 3.05) is 0 Å². The van der Waals surface area contributed by atoms with E-state index in [2.05, 4.69) is 5.32 Å². The van der Waals surface area contributed by atoms with Gasteiger partial charge < -0.3 is 5.32 Å². The molecule has 0 bridgehead atoms. The van der Waals surface area contributed by atoms with Gasteiger partial charge in [0.25, 0.3) is 5.91 Å². The van der Waals surface area contributed by atoms with Crippen LogP contribution in [0.5, 0.6) is 0 Å². The van der Waals surface area contributed by atoms with E-state index in [1.807, 2.05) is 0 Å². The summed E-state index contributed by atoms with van der Waals surface area (Å²) < 4.78 is 51.7. The molecule has 1 aromatic heterocycles. The molecule has 0 fully saturated rings. The minimum atomic E-state index is -4.90. The Morgan fingerprint density at radius 2 is 2.05 bits per heavy atom. The number of benzene rings is 1. The molecule has 1 amide bonds. The lowest BCUT2D eigenvalue weighted by atomic mass is 10.1. The maximum Gasteiger partial charge on any atom is 0.419 e. The van der Waals surface area contributed by atoms with E-state index >= 15 is 0 Å². The summed E-state index contributed by atoms with van der Waals surface area (Å²) >= 11 is 1.29. The van der Waals surface area contributed by atoms with Crippen molar-refractivity contribution in [3.63, 3.8) is 0 Å². The lowest BCUT2D eigenvalue weighted by Gasteiger charge is -2.13. The molecular formula is C14H8F4N2OS. The zero-order valence-corrected chi connectivity index (χ0v) is 11.6. The number of carbonyl (C=O) groups excluding carboxylic acids is 1. The Kier molecular flexibility index (Phi) is 4.47. The maximum absolute atomic E-state index is 13.9. The molecule has 2 aromatic rings. The first-order valence-corrected chi connectivity index (χ1v) is 6.87. The van der Waals surface area contributed by atoms with Gasteiger partial charge in [-0.3, -0.25) is 4.79 Å². The first kappa shape index (κ1) is 16.0. The number of thiophene rings is 1. The van der Waals surface area contributed by atoms with Gasteiger partial charge in [0, 0.05) is 0 Å². The average molecular weight is 328 g/mol. The van der Waals surface area contributed by atoms with E-state index in [1.54, 1.807) is 22.9 Å². The van der Waals surface area contributed by atoms with Crippen molar-refractivity contribution in [1.29, 1.82) is 5.26 Å². The zero-order chi connectivity index (χ0) is 16.3. The van der Waals surface area contributed by atoms with Gasteiger partial charge in [-0.1, -0.05) is 6.07 Å². The highest BCUT2D eigenvalue weighted by Crippen LogP contribution is 2.32. The molecular weight excluding hydrogens is 320 g/mol. The average Bonchev–Trinajstić information content (AvgIpc) is 2.97. The molecule has 0 saturated heterocycles. The predicted octanol–water partition coefficient (Wildman–Crippen LogP) is 3.90. The normalized spacial score (nSPS) is 12.5. The van der Waals surface area contributed by atoms with Crippen molar-refractivity contribution in [3.05, 3.63) is 57.5 Å². The number of nitriles is 1. The maximum atomic E-state index is 13.9. The van der Waals surface area contributed by atoms with Crippen molar-refractivity contribution in [2.45, 2.75) is 12.2 Å². The third-order valence-electron chi connectivity index (χ3n) is 2.83. The summed E-state index contributed by atoms with van der Waals surface area (Å²) in [6.07, 6.45) is -4.90. The summed E-state index contributed by atoms with van der Waals surface area (Å²) in [4.78, 5) is 11.9. The Labute approximate surface area is 126 Å². The fourth-order valence-electron chi connectivity index (χ4n) is 1.76. The van der Waals surface area contributed by atoms with Crippen molar-refractivity contribution in [3.8, 4) is 6.07 Å². The predicted molar refractivity (Wildman–Crippen MR) is 71.5 cm³/mol. The van der Waals surface area contributed by atoms with Crippen LogP contribution in [0.1, 0.15) is 27.5 Å². The number of rotatable bonds is 3. The molecule has 3 nitrogen and oxygen atoms in total. The first-order valence-electron chi connectivity index (χ1n) is 5.93. The van der Waals surface area contributed by atoms with Crippen molar-refractivity contribution in [2.24, 2.45) is 0 Å². The summed E-state index contributed by atoms with van der Waals surface area (Å²) in [6.45, 7) is 0. The molecule has 1 atom stereocenters. The van der Waals surface area contributed by atoms with Crippen LogP contribution in [-0.4, -0.2) is 5.91 Å². The van der Waals surface area contributed by atoms with E-state index in [0.29, 0.717) is 11.6 Å². The molecule has 0 spiro atoms. The second kappa shape index (κ2) is 6.15. The molecule has 0 unspecified atom stereocenters. The van der Waals surface area contributed by atoms with Crippen LogP contribution in [0.3, 0.4) is 0 Å². The number of nitrogens with one attached hydrogen (secondary N) is 1. The van der Waals surface area contributed by atoms with Crippen LogP contribution in [-0.2, 0) is 6.18 Å². The van der Waals surface area contributed by atoms with Crippen LogP contribution >= 0.6 is 11.3 Å². The lowest BCUT2D eigenvalue weighted by Crippen LogP contribution is -2.28. The molecule has 0 radical (unpaired) electrons. The molecule has 0 aliphatic rings. The number of halogens is 4. The topological polar surface area (TPSA) is 52.9 Å². The summed E-state index contributed by atoms with van der Waals surface area (Å²) in [5, 5.41) is 14.5. The van der Waals surface area contributed by atoms with Gasteiger partial charge >= 0.3 is 6.18 Å². The minimum absolute atomic E-state index is 0.480. The molecule has 22 heavy (non-hydrogen) atoms. The number of hydrogen-bond acceptors (Lipinski definition) is 3. The second-order valence-electron chi connectivity index (χ2n) is 4.26. The highest BCUT2D eigenvalue weighted by Gasteiger charge is 2.35. The highest BCUT2D eigenvalue weighted by molar-refractivity contribution is 7.08. The largest absolute Gasteiger partial charge is 0.419 e. The quantitative estimate of drug-likeness (QED) is 0.869. The summed E-state index contributed by atoms with van der Waals surface area (Å²) in [7, 11) is 0. The Hall–Kier alpha value is -2.40. The van der Waals surface area contributed by atoms with Gasteiger partial charge in [-0.15, -0.1) is 0 Å². The Bertz CT molecular complexity index is 719. The third-order valence-corrected chi connectivity index (χ3v) is 3.53. The smallest absolute Gasteiger partial charge is 0.332 e. The van der Waals surface area contributed by atoms with Crippen molar-refractivity contribution >= 4 is 17.2 Å². The number of hydrogen-bond donors (Lipinski definition) is 1. The molecule has 1 aromatic carbocycles. The summed E-state index contributed by atoms with van der Waals surface area (Å²) in [5.41, 5.74) is -1.80. The summed E-state index contributed by atoms with van der Waals surface area (Å²) in [6, 6.07) is 4.74. The lowest BCUT2D eigenvalue weighted by molar-refractivity contribution is -0.140. The fourth-order valence-corrected chi connectivity index (χ4v) is 2.45. The van der Waals surface area contributed by atoms with E-state index in [0.717, 1.165) is 12.1 Å². The molecule has 2 rings (SSSR count). The van der Waals surface area contributed by atoms with Gasteiger partial charge in [-0.05, 0) is 34.5 Å². The Balaban J connectivity index is 2.29. The van der Waals surface area contributed by atoms with Crippen molar-refractivity contribution < 1.29 is 22.4 Å². The molecule has 0 aliphatic heterocycles. The molecule has 1 N–H and O–H groups in total. The van der Waals surface area contributed by atoms with Crippen LogP contribution < -0.4 is 5.32 Å². The monoisotopic (exact) mass is 328 g/mol. The standard InChI is InChI=1S/C14H8F4N2OS/c15-12-9(2-1-3-10(12)14(16,17)18)13(21)20-11(6-19)8-4-5-22-7-8/h1-5,7,11H,(H,20,21)/t11-/m1/s1. The fraction of sp³-hybridized carbons (Fsp3) is 0.143. The Morgan fingerprint density at radius 1 is 1.32 bits per heavy atom. The summed E-state index contributed by atoms with van der Waals surface area (Å²) in [5.74, 6) is -2.74. The van der Waals surface area contributed by atoms with Crippen LogP contribution in [0, 0.1) is 17.1 Å². The van der Waals surface area contributed by atoms with E-state index in [9.17, 15) is 22.4 Å². The second-order valence-corrected chi connectivity index (χ2v) is 5.04. The Morgan fingerprint density at radius 3 is 2.59 bits per heavy atom. The van der Waals surface area contributed by atoms with Gasteiger partial charge in [0.2, 0.25) is 0 Å². The first-order chi connectivity index (χ1) is 10.3. The van der Waals surface area contributed by atoms with Crippen LogP contribution in [0.4, 0.5) is 17.6 Å². The number of carbonyl (C=O) groups is 1. The third kappa shape index (κ3) is 3.26. The van der Waals surface area contributed by atoms with Gasteiger partial charge in [0.15, 0.2) is 0 Å². The molecule has 1 heterocycles. The zero-order valence-electron chi connectivity index (χ0n) is 10.8. The SMILES string of the molecule is N#C[C@@H](NC(=O)c1cccc(C(F)(F)F)c1F)c1ccsc1. The van der Waals surface area contributed by atoms with E-state index < -0.39 is 35.1 Å².